The van der Waals surface area contributed by atoms with Crippen LogP contribution in [0.25, 0.3) is 5.69 Å². The first-order valence-corrected chi connectivity index (χ1v) is 9.32. The smallest absolute Gasteiger partial charge is 0.269 e. The van der Waals surface area contributed by atoms with Crippen molar-refractivity contribution in [3.63, 3.8) is 0 Å². The highest BCUT2D eigenvalue weighted by atomic mass is 32.1. The van der Waals surface area contributed by atoms with Crippen LogP contribution < -0.4 is 4.90 Å². The first-order chi connectivity index (χ1) is 13.6. The molecule has 0 saturated carbocycles. The van der Waals surface area contributed by atoms with Gasteiger partial charge in [-0.1, -0.05) is 18.2 Å². The van der Waals surface area contributed by atoms with Crippen LogP contribution >= 0.6 is 12.2 Å². The maximum absolute atomic E-state index is 10.8. The lowest BCUT2D eigenvalue weighted by molar-refractivity contribution is -0.384. The summed E-state index contributed by atoms with van der Waals surface area (Å²) >= 11 is 5.52. The second kappa shape index (κ2) is 7.87. The van der Waals surface area contributed by atoms with E-state index in [1.165, 1.54) is 0 Å². The van der Waals surface area contributed by atoms with Crippen molar-refractivity contribution in [2.75, 3.05) is 31.1 Å². The van der Waals surface area contributed by atoms with Gasteiger partial charge in [0, 0.05) is 44.0 Å². The van der Waals surface area contributed by atoms with Gasteiger partial charge in [0.05, 0.1) is 17.3 Å². The zero-order valence-electron chi connectivity index (χ0n) is 15.1. The monoisotopic (exact) mass is 397 g/mol. The molecule has 0 amide bonds. The summed E-state index contributed by atoms with van der Waals surface area (Å²) in [5.41, 5.74) is 2.00. The molecule has 10 heteroatoms. The fourth-order valence-electron chi connectivity index (χ4n) is 3.22. The quantitative estimate of drug-likeness (QED) is 0.371. The van der Waals surface area contributed by atoms with Crippen LogP contribution in [-0.2, 0) is 6.67 Å². The molecule has 0 aliphatic carbocycles. The second-order valence-corrected chi connectivity index (χ2v) is 6.89. The molecule has 1 aliphatic heterocycles. The Bertz CT molecular complexity index is 1010. The third-order valence-electron chi connectivity index (χ3n) is 4.77. The Morgan fingerprint density at radius 2 is 1.61 bits per heavy atom. The van der Waals surface area contributed by atoms with E-state index in [-0.39, 0.29) is 10.6 Å². The number of aromatic nitrogens is 4. The number of non-ortho nitro benzene ring substituents is 1. The highest BCUT2D eigenvalue weighted by Crippen LogP contribution is 2.20. The summed E-state index contributed by atoms with van der Waals surface area (Å²) in [7, 11) is 0. The van der Waals surface area contributed by atoms with Crippen molar-refractivity contribution >= 4 is 23.6 Å². The summed E-state index contributed by atoms with van der Waals surface area (Å²) in [4.78, 5) is 14.9. The number of benzene rings is 2. The summed E-state index contributed by atoms with van der Waals surface area (Å²) in [6, 6.07) is 16.4. The minimum Gasteiger partial charge on any atom is -0.369 e. The molecule has 0 bridgehead atoms. The maximum atomic E-state index is 10.8. The Morgan fingerprint density at radius 1 is 0.929 bits per heavy atom. The van der Waals surface area contributed by atoms with Crippen LogP contribution in [0.3, 0.4) is 0 Å². The lowest BCUT2D eigenvalue weighted by Gasteiger charge is -2.35. The first kappa shape index (κ1) is 18.3. The largest absolute Gasteiger partial charge is 0.369 e. The number of para-hydroxylation sites is 1. The SMILES string of the molecule is O=[N+]([O-])c1ccc(N2CCN(Cn3nnn(-c4ccccc4)c3=S)CC2)cc1. The number of anilines is 1. The van der Waals surface area contributed by atoms with Crippen molar-refractivity contribution in [3.8, 4) is 5.69 Å². The van der Waals surface area contributed by atoms with E-state index in [9.17, 15) is 10.1 Å². The highest BCUT2D eigenvalue weighted by Gasteiger charge is 2.19. The van der Waals surface area contributed by atoms with Crippen LogP contribution in [0.4, 0.5) is 11.4 Å². The Hall–Kier alpha value is -3.11. The van der Waals surface area contributed by atoms with E-state index in [0.717, 1.165) is 37.6 Å². The summed E-state index contributed by atoms with van der Waals surface area (Å²) in [6.07, 6.45) is 0. The average Bonchev–Trinajstić information content (AvgIpc) is 3.09. The van der Waals surface area contributed by atoms with Gasteiger partial charge < -0.3 is 4.90 Å². The number of tetrazole rings is 1. The van der Waals surface area contributed by atoms with Gasteiger partial charge in [0.2, 0.25) is 4.77 Å². The second-order valence-electron chi connectivity index (χ2n) is 6.53. The molecule has 1 saturated heterocycles. The zero-order valence-corrected chi connectivity index (χ0v) is 15.9. The molecular weight excluding hydrogens is 378 g/mol. The van der Waals surface area contributed by atoms with Gasteiger partial charge in [-0.05, 0) is 46.9 Å². The van der Waals surface area contributed by atoms with Crippen molar-refractivity contribution in [1.82, 2.24) is 24.7 Å². The molecule has 28 heavy (non-hydrogen) atoms. The summed E-state index contributed by atoms with van der Waals surface area (Å²) < 4.78 is 3.94. The number of hydrogen-bond acceptors (Lipinski definition) is 7. The summed E-state index contributed by atoms with van der Waals surface area (Å²) in [5.74, 6) is 0. The summed E-state index contributed by atoms with van der Waals surface area (Å²) in [5, 5.41) is 19.2. The van der Waals surface area contributed by atoms with Gasteiger partial charge in [-0.3, -0.25) is 15.0 Å². The molecule has 1 fully saturated rings. The van der Waals surface area contributed by atoms with Gasteiger partial charge >= 0.3 is 0 Å². The zero-order chi connectivity index (χ0) is 19.5. The van der Waals surface area contributed by atoms with Crippen LogP contribution in [0, 0.1) is 14.9 Å². The van der Waals surface area contributed by atoms with Crippen LogP contribution in [0.2, 0.25) is 0 Å². The molecule has 1 aliphatic rings. The molecule has 0 unspecified atom stereocenters. The van der Waals surface area contributed by atoms with Crippen LogP contribution in [0.5, 0.6) is 0 Å². The fraction of sp³-hybridized carbons (Fsp3) is 0.278. The Labute approximate surface area is 166 Å². The predicted octanol–water partition coefficient (Wildman–Crippen LogP) is 2.49. The molecule has 2 aromatic carbocycles. The third kappa shape index (κ3) is 3.78. The molecule has 0 atom stereocenters. The van der Waals surface area contributed by atoms with Crippen molar-refractivity contribution in [3.05, 3.63) is 69.5 Å². The van der Waals surface area contributed by atoms with Gasteiger partial charge in [-0.15, -0.1) is 0 Å². The molecule has 0 N–H and O–H groups in total. The molecule has 2 heterocycles. The van der Waals surface area contributed by atoms with E-state index in [0.29, 0.717) is 11.4 Å². The Balaban J connectivity index is 1.38. The normalized spacial score (nSPS) is 14.9. The molecule has 9 nitrogen and oxygen atoms in total. The number of piperazine rings is 1. The molecule has 1 aromatic heterocycles. The highest BCUT2D eigenvalue weighted by molar-refractivity contribution is 7.71. The van der Waals surface area contributed by atoms with Crippen LogP contribution in [0.1, 0.15) is 0 Å². The van der Waals surface area contributed by atoms with E-state index in [4.69, 9.17) is 12.2 Å². The molecule has 0 spiro atoms. The van der Waals surface area contributed by atoms with Gasteiger partial charge in [-0.2, -0.15) is 4.68 Å². The first-order valence-electron chi connectivity index (χ1n) is 8.92. The number of nitro benzene ring substituents is 1. The minimum atomic E-state index is -0.381. The topological polar surface area (TPSA) is 85.3 Å². The number of nitro groups is 1. The Morgan fingerprint density at radius 3 is 2.25 bits per heavy atom. The minimum absolute atomic E-state index is 0.110. The Kier molecular flexibility index (Phi) is 5.13. The van der Waals surface area contributed by atoms with Crippen molar-refractivity contribution < 1.29 is 4.92 Å². The van der Waals surface area contributed by atoms with Crippen molar-refractivity contribution in [2.45, 2.75) is 6.67 Å². The lowest BCUT2D eigenvalue weighted by atomic mass is 10.2. The van der Waals surface area contributed by atoms with Crippen molar-refractivity contribution in [1.29, 1.82) is 0 Å². The molecule has 144 valence electrons. The predicted molar refractivity (Wildman–Crippen MR) is 107 cm³/mol. The van der Waals surface area contributed by atoms with Gasteiger partial charge in [0.1, 0.15) is 0 Å². The van der Waals surface area contributed by atoms with Gasteiger partial charge in [-0.25, -0.2) is 4.68 Å². The van der Waals surface area contributed by atoms with Crippen LogP contribution in [0.15, 0.2) is 54.6 Å². The van der Waals surface area contributed by atoms with E-state index in [1.807, 2.05) is 30.3 Å². The number of nitrogens with zero attached hydrogens (tertiary/aromatic N) is 7. The maximum Gasteiger partial charge on any atom is 0.269 e. The van der Waals surface area contributed by atoms with E-state index in [2.05, 4.69) is 20.2 Å². The average molecular weight is 397 g/mol. The number of hydrogen-bond donors (Lipinski definition) is 0. The molecule has 3 aromatic rings. The third-order valence-corrected chi connectivity index (χ3v) is 5.16. The van der Waals surface area contributed by atoms with Crippen molar-refractivity contribution in [2.24, 2.45) is 0 Å². The van der Waals surface area contributed by atoms with Gasteiger partial charge in [0.15, 0.2) is 0 Å². The number of rotatable bonds is 5. The van der Waals surface area contributed by atoms with E-state index >= 15 is 0 Å². The molecular formula is C18H19N7O2S. The van der Waals surface area contributed by atoms with E-state index < -0.39 is 0 Å². The fourth-order valence-corrected chi connectivity index (χ4v) is 3.45. The van der Waals surface area contributed by atoms with E-state index in [1.54, 1.807) is 33.6 Å². The molecule has 4 rings (SSSR count). The molecule has 0 radical (unpaired) electrons. The summed E-state index contributed by atoms with van der Waals surface area (Å²) in [6.45, 7) is 3.93. The van der Waals surface area contributed by atoms with Crippen LogP contribution in [-0.4, -0.2) is 55.8 Å². The standard InChI is InChI=1S/C18H19N7O2S/c26-25(27)17-8-6-15(7-9-17)22-12-10-21(11-13-22)14-23-18(28)24(20-19-23)16-4-2-1-3-5-16/h1-9H,10-14H2. The lowest BCUT2D eigenvalue weighted by Crippen LogP contribution is -2.47. The van der Waals surface area contributed by atoms with Gasteiger partial charge in [0.25, 0.3) is 5.69 Å².